The van der Waals surface area contributed by atoms with E-state index in [1.54, 1.807) is 11.8 Å². The van der Waals surface area contributed by atoms with E-state index < -0.39 is 0 Å². The quantitative estimate of drug-likeness (QED) is 0.874. The summed E-state index contributed by atoms with van der Waals surface area (Å²) in [6.07, 6.45) is 1.97. The van der Waals surface area contributed by atoms with Crippen LogP contribution in [0.5, 0.6) is 0 Å². The van der Waals surface area contributed by atoms with E-state index in [9.17, 15) is 4.79 Å². The van der Waals surface area contributed by atoms with Crippen LogP contribution in [0.25, 0.3) is 0 Å². The maximum Gasteiger partial charge on any atom is 0.234 e. The molecule has 2 atom stereocenters. The Hall–Kier alpha value is -1.29. The lowest BCUT2D eigenvalue weighted by Gasteiger charge is -2.16. The average molecular weight is 248 g/mol. The van der Waals surface area contributed by atoms with Crippen LogP contribution in [-0.2, 0) is 4.79 Å². The number of anilines is 1. The lowest BCUT2D eigenvalue weighted by Crippen LogP contribution is -2.30. The molecule has 1 amide bonds. The second-order valence-electron chi connectivity index (χ2n) is 4.19. The molecule has 1 aromatic rings. The Bertz CT molecular complexity index is 430. The molecule has 17 heavy (non-hydrogen) atoms. The molecular weight excluding hydrogens is 232 g/mol. The van der Waals surface area contributed by atoms with E-state index in [0.29, 0.717) is 5.92 Å². The van der Waals surface area contributed by atoms with E-state index in [2.05, 4.69) is 17.2 Å². The van der Waals surface area contributed by atoms with Crippen molar-refractivity contribution in [2.45, 2.75) is 6.92 Å². The lowest BCUT2D eigenvalue weighted by atomic mass is 9.97. The number of carbonyl (C=O) groups excluding carboxylic acids is 1. The van der Waals surface area contributed by atoms with Gasteiger partial charge in [0.15, 0.2) is 0 Å². The Labute approximate surface area is 106 Å². The monoisotopic (exact) mass is 248 g/mol. The second kappa shape index (κ2) is 5.36. The Kier molecular flexibility index (Phi) is 3.84. The third kappa shape index (κ3) is 2.69. The van der Waals surface area contributed by atoms with Gasteiger partial charge in [0.2, 0.25) is 5.91 Å². The summed E-state index contributed by atoms with van der Waals surface area (Å²) in [6, 6.07) is 9.55. The molecule has 0 aromatic heterocycles. The predicted octanol–water partition coefficient (Wildman–Crippen LogP) is 2.65. The molecule has 2 unspecified atom stereocenters. The SMILES string of the molecule is CSC1=NCC(C)C1C(=O)Nc1ccccc1. The Morgan fingerprint density at radius 2 is 2.12 bits per heavy atom. The van der Waals surface area contributed by atoms with Gasteiger partial charge in [-0.25, -0.2) is 0 Å². The zero-order chi connectivity index (χ0) is 12.3. The lowest BCUT2D eigenvalue weighted by molar-refractivity contribution is -0.118. The molecule has 0 saturated heterocycles. The van der Waals surface area contributed by atoms with Crippen LogP contribution in [0.15, 0.2) is 35.3 Å². The van der Waals surface area contributed by atoms with Crippen LogP contribution >= 0.6 is 11.8 Å². The zero-order valence-corrected chi connectivity index (χ0v) is 10.8. The minimum Gasteiger partial charge on any atom is -0.325 e. The molecule has 4 heteroatoms. The van der Waals surface area contributed by atoms with Gasteiger partial charge in [0.05, 0.1) is 11.0 Å². The highest BCUT2D eigenvalue weighted by Gasteiger charge is 2.33. The van der Waals surface area contributed by atoms with Gasteiger partial charge in [0.25, 0.3) is 0 Å². The van der Waals surface area contributed by atoms with Crippen molar-refractivity contribution in [3.8, 4) is 0 Å². The van der Waals surface area contributed by atoms with E-state index >= 15 is 0 Å². The number of rotatable bonds is 2. The number of aliphatic imine (C=N–C) groups is 1. The Morgan fingerprint density at radius 1 is 1.41 bits per heavy atom. The van der Waals surface area contributed by atoms with Crippen LogP contribution in [0.2, 0.25) is 0 Å². The van der Waals surface area contributed by atoms with Gasteiger partial charge in [-0.05, 0) is 24.3 Å². The van der Waals surface area contributed by atoms with Gasteiger partial charge in [0.1, 0.15) is 0 Å². The van der Waals surface area contributed by atoms with Crippen molar-refractivity contribution in [3.05, 3.63) is 30.3 Å². The number of benzene rings is 1. The van der Waals surface area contributed by atoms with E-state index in [0.717, 1.165) is 17.3 Å². The highest BCUT2D eigenvalue weighted by Crippen LogP contribution is 2.27. The van der Waals surface area contributed by atoms with Crippen molar-refractivity contribution in [1.29, 1.82) is 0 Å². The standard InChI is InChI=1S/C13H16N2OS/c1-9-8-14-13(17-2)11(9)12(16)15-10-6-4-3-5-7-10/h3-7,9,11H,8H2,1-2H3,(H,15,16). The van der Waals surface area contributed by atoms with E-state index in [4.69, 9.17) is 0 Å². The van der Waals surface area contributed by atoms with Crippen LogP contribution < -0.4 is 5.32 Å². The molecule has 2 rings (SSSR count). The Morgan fingerprint density at radius 3 is 2.76 bits per heavy atom. The molecule has 1 aliphatic heterocycles. The molecule has 0 radical (unpaired) electrons. The number of nitrogens with zero attached hydrogens (tertiary/aromatic N) is 1. The van der Waals surface area contributed by atoms with Crippen LogP contribution in [0.1, 0.15) is 6.92 Å². The van der Waals surface area contributed by atoms with Crippen LogP contribution in [-0.4, -0.2) is 23.8 Å². The number of carbonyl (C=O) groups is 1. The van der Waals surface area contributed by atoms with Crippen LogP contribution in [0.3, 0.4) is 0 Å². The molecule has 1 N–H and O–H groups in total. The highest BCUT2D eigenvalue weighted by molar-refractivity contribution is 8.13. The minimum atomic E-state index is -0.0924. The first-order valence-electron chi connectivity index (χ1n) is 5.66. The molecule has 0 aliphatic carbocycles. The summed E-state index contributed by atoms with van der Waals surface area (Å²) in [5, 5.41) is 3.90. The summed E-state index contributed by atoms with van der Waals surface area (Å²) in [6.45, 7) is 2.82. The van der Waals surface area contributed by atoms with Crippen molar-refractivity contribution in [3.63, 3.8) is 0 Å². The normalized spacial score (nSPS) is 23.3. The van der Waals surface area contributed by atoms with Gasteiger partial charge in [-0.15, -0.1) is 11.8 Å². The van der Waals surface area contributed by atoms with Gasteiger partial charge in [-0.3, -0.25) is 9.79 Å². The average Bonchev–Trinajstić information content (AvgIpc) is 2.71. The van der Waals surface area contributed by atoms with E-state index in [1.807, 2.05) is 36.6 Å². The predicted molar refractivity (Wildman–Crippen MR) is 73.5 cm³/mol. The van der Waals surface area contributed by atoms with Gasteiger partial charge in [-0.1, -0.05) is 25.1 Å². The Balaban J connectivity index is 2.08. The van der Waals surface area contributed by atoms with Crippen molar-refractivity contribution in [2.24, 2.45) is 16.8 Å². The largest absolute Gasteiger partial charge is 0.325 e. The van der Waals surface area contributed by atoms with Crippen LogP contribution in [0.4, 0.5) is 5.69 Å². The smallest absolute Gasteiger partial charge is 0.234 e. The fourth-order valence-corrected chi connectivity index (χ4v) is 2.78. The summed E-state index contributed by atoms with van der Waals surface area (Å²) >= 11 is 1.57. The number of thioether (sulfide) groups is 1. The van der Waals surface area contributed by atoms with Crippen molar-refractivity contribution in [2.75, 3.05) is 18.1 Å². The number of amides is 1. The number of hydrogen-bond donors (Lipinski definition) is 1. The van der Waals surface area contributed by atoms with Gasteiger partial charge in [0, 0.05) is 12.2 Å². The van der Waals surface area contributed by atoms with Crippen molar-refractivity contribution in [1.82, 2.24) is 0 Å². The first kappa shape index (κ1) is 12.2. The topological polar surface area (TPSA) is 41.5 Å². The summed E-state index contributed by atoms with van der Waals surface area (Å²) < 4.78 is 0. The molecule has 3 nitrogen and oxygen atoms in total. The van der Waals surface area contributed by atoms with E-state index in [1.165, 1.54) is 0 Å². The molecule has 1 heterocycles. The first-order chi connectivity index (χ1) is 8.22. The third-order valence-electron chi connectivity index (χ3n) is 2.90. The number of hydrogen-bond acceptors (Lipinski definition) is 3. The molecule has 0 saturated carbocycles. The molecule has 0 spiro atoms. The summed E-state index contributed by atoms with van der Waals surface area (Å²) in [4.78, 5) is 16.6. The minimum absolute atomic E-state index is 0.0503. The maximum atomic E-state index is 12.2. The van der Waals surface area contributed by atoms with E-state index in [-0.39, 0.29) is 11.8 Å². The summed E-state index contributed by atoms with van der Waals surface area (Å²) in [7, 11) is 0. The summed E-state index contributed by atoms with van der Waals surface area (Å²) in [5.41, 5.74) is 0.844. The van der Waals surface area contributed by atoms with Gasteiger partial charge < -0.3 is 5.32 Å². The molecule has 90 valence electrons. The van der Waals surface area contributed by atoms with Crippen molar-refractivity contribution >= 4 is 28.4 Å². The molecule has 1 aliphatic rings. The van der Waals surface area contributed by atoms with Crippen molar-refractivity contribution < 1.29 is 4.79 Å². The van der Waals surface area contributed by atoms with Gasteiger partial charge >= 0.3 is 0 Å². The van der Waals surface area contributed by atoms with Gasteiger partial charge in [-0.2, -0.15) is 0 Å². The summed E-state index contributed by atoms with van der Waals surface area (Å²) in [5.74, 6) is 0.251. The second-order valence-corrected chi connectivity index (χ2v) is 5.02. The number of nitrogens with one attached hydrogen (secondary N) is 1. The molecular formula is C13H16N2OS. The third-order valence-corrected chi connectivity index (χ3v) is 3.70. The molecule has 1 aromatic carbocycles. The number of para-hydroxylation sites is 1. The van der Waals surface area contributed by atoms with Crippen LogP contribution in [0, 0.1) is 11.8 Å². The molecule has 0 fully saturated rings. The first-order valence-corrected chi connectivity index (χ1v) is 6.89. The maximum absolute atomic E-state index is 12.2. The highest BCUT2D eigenvalue weighted by atomic mass is 32.2. The zero-order valence-electron chi connectivity index (χ0n) is 10.0. The fraction of sp³-hybridized carbons (Fsp3) is 0.385. The fourth-order valence-electron chi connectivity index (χ4n) is 1.98. The molecule has 0 bridgehead atoms.